The highest BCUT2D eigenvalue weighted by Crippen LogP contribution is 2.32. The van der Waals surface area contributed by atoms with Gasteiger partial charge in [-0.1, -0.05) is 31.5 Å². The molecule has 2 rings (SSSR count). The molecule has 126 valence electrons. The number of carbonyl (C=O) groups is 2. The van der Waals surface area contributed by atoms with E-state index < -0.39 is 6.04 Å². The Kier molecular flexibility index (Phi) is 6.02. The van der Waals surface area contributed by atoms with Crippen LogP contribution in [0.2, 0.25) is 5.02 Å². The Hall–Kier alpha value is -1.59. The van der Waals surface area contributed by atoms with Crippen molar-refractivity contribution in [2.75, 3.05) is 13.7 Å². The third-order valence-corrected chi connectivity index (χ3v) is 4.28. The summed E-state index contributed by atoms with van der Waals surface area (Å²) in [5, 5.41) is 6.48. The van der Waals surface area contributed by atoms with Crippen LogP contribution in [-0.2, 0) is 20.7 Å². The normalized spacial score (nSPS) is 17.7. The van der Waals surface area contributed by atoms with Gasteiger partial charge in [-0.15, -0.1) is 0 Å². The van der Waals surface area contributed by atoms with E-state index >= 15 is 0 Å². The minimum absolute atomic E-state index is 0.0121. The molecule has 2 amide bonds. The zero-order chi connectivity index (χ0) is 17.0. The van der Waals surface area contributed by atoms with Crippen LogP contribution in [0.5, 0.6) is 0 Å². The molecule has 2 N–H and O–H groups in total. The van der Waals surface area contributed by atoms with Gasteiger partial charge in [0, 0.05) is 12.1 Å². The van der Waals surface area contributed by atoms with Crippen LogP contribution in [0.25, 0.3) is 0 Å². The van der Waals surface area contributed by atoms with Gasteiger partial charge in [0.25, 0.3) is 0 Å². The van der Waals surface area contributed by atoms with Crippen LogP contribution in [0.15, 0.2) is 18.2 Å². The van der Waals surface area contributed by atoms with E-state index in [1.807, 2.05) is 32.0 Å². The molecule has 0 unspecified atom stereocenters. The number of fused-ring (bicyclic) bond motifs is 1. The van der Waals surface area contributed by atoms with E-state index in [0.717, 1.165) is 18.4 Å². The second kappa shape index (κ2) is 7.79. The van der Waals surface area contributed by atoms with Crippen molar-refractivity contribution in [3.05, 3.63) is 34.3 Å². The smallest absolute Gasteiger partial charge is 0.246 e. The van der Waals surface area contributed by atoms with Gasteiger partial charge in [0.05, 0.1) is 6.04 Å². The number of amides is 2. The SMILES string of the molecule is COCC(=O)N[C@H](C(=O)N[C@@H]1CCc2cc(Cl)ccc21)C(C)C. The third-order valence-electron chi connectivity index (χ3n) is 4.04. The van der Waals surface area contributed by atoms with Crippen molar-refractivity contribution in [2.45, 2.75) is 38.8 Å². The van der Waals surface area contributed by atoms with Crippen LogP contribution in [0.1, 0.15) is 37.4 Å². The highest BCUT2D eigenvalue weighted by atomic mass is 35.5. The van der Waals surface area contributed by atoms with Crippen molar-refractivity contribution in [1.82, 2.24) is 10.6 Å². The minimum Gasteiger partial charge on any atom is -0.375 e. The molecule has 0 bridgehead atoms. The monoisotopic (exact) mass is 338 g/mol. The van der Waals surface area contributed by atoms with Gasteiger partial charge in [0.15, 0.2) is 0 Å². The third kappa shape index (κ3) is 4.45. The average molecular weight is 339 g/mol. The summed E-state index contributed by atoms with van der Waals surface area (Å²) in [5.41, 5.74) is 2.28. The Labute approximate surface area is 141 Å². The topological polar surface area (TPSA) is 67.4 Å². The minimum atomic E-state index is -0.575. The number of hydrogen-bond acceptors (Lipinski definition) is 3. The maximum atomic E-state index is 12.6. The molecular formula is C17H23ClN2O3. The largest absolute Gasteiger partial charge is 0.375 e. The molecule has 23 heavy (non-hydrogen) atoms. The Morgan fingerprint density at radius 3 is 2.78 bits per heavy atom. The van der Waals surface area contributed by atoms with E-state index in [2.05, 4.69) is 10.6 Å². The Bertz CT molecular complexity index is 589. The average Bonchev–Trinajstić information content (AvgIpc) is 2.86. The number of nitrogens with one attached hydrogen (secondary N) is 2. The molecular weight excluding hydrogens is 316 g/mol. The summed E-state index contributed by atoms with van der Waals surface area (Å²) in [6, 6.07) is 5.14. The predicted octanol–water partition coefficient (Wildman–Crippen LogP) is 2.23. The van der Waals surface area contributed by atoms with Gasteiger partial charge in [0.1, 0.15) is 12.6 Å². The van der Waals surface area contributed by atoms with Crippen molar-refractivity contribution >= 4 is 23.4 Å². The number of rotatable bonds is 6. The zero-order valence-corrected chi connectivity index (χ0v) is 14.4. The lowest BCUT2D eigenvalue weighted by atomic mass is 10.0. The lowest BCUT2D eigenvalue weighted by Gasteiger charge is -2.24. The standard InChI is InChI=1S/C17H23ClN2O3/c1-10(2)16(20-15(21)9-23-3)17(22)19-14-7-4-11-8-12(18)5-6-13(11)14/h5-6,8,10,14,16H,4,7,9H2,1-3H3,(H,19,22)(H,20,21)/t14-,16+/m1/s1. The van der Waals surface area contributed by atoms with Crippen LogP contribution < -0.4 is 10.6 Å². The summed E-state index contributed by atoms with van der Waals surface area (Å²) in [7, 11) is 1.45. The first-order valence-electron chi connectivity index (χ1n) is 7.79. The lowest BCUT2D eigenvalue weighted by molar-refractivity contribution is -0.132. The molecule has 0 aromatic heterocycles. The van der Waals surface area contributed by atoms with Gasteiger partial charge in [-0.25, -0.2) is 0 Å². The molecule has 0 saturated heterocycles. The molecule has 0 fully saturated rings. The summed E-state index contributed by atoms with van der Waals surface area (Å²) in [5.74, 6) is -0.473. The van der Waals surface area contributed by atoms with E-state index in [1.54, 1.807) is 0 Å². The molecule has 6 heteroatoms. The van der Waals surface area contributed by atoms with Crippen molar-refractivity contribution in [3.8, 4) is 0 Å². The van der Waals surface area contributed by atoms with Gasteiger partial charge in [-0.3, -0.25) is 9.59 Å². The Morgan fingerprint density at radius 2 is 2.13 bits per heavy atom. The second-order valence-corrected chi connectivity index (χ2v) is 6.60. The van der Waals surface area contributed by atoms with Gasteiger partial charge < -0.3 is 15.4 Å². The summed E-state index contributed by atoms with van der Waals surface area (Å²) in [6.45, 7) is 3.75. The van der Waals surface area contributed by atoms with Crippen molar-refractivity contribution < 1.29 is 14.3 Å². The van der Waals surface area contributed by atoms with Gasteiger partial charge in [0.2, 0.25) is 11.8 Å². The number of aryl methyl sites for hydroxylation is 1. The van der Waals surface area contributed by atoms with E-state index in [4.69, 9.17) is 16.3 Å². The summed E-state index contributed by atoms with van der Waals surface area (Å²) in [4.78, 5) is 24.3. The van der Waals surface area contributed by atoms with Gasteiger partial charge in [-0.05, 0) is 42.0 Å². The highest BCUT2D eigenvalue weighted by molar-refractivity contribution is 6.30. The number of hydrogen-bond donors (Lipinski definition) is 2. The number of halogens is 1. The highest BCUT2D eigenvalue weighted by Gasteiger charge is 2.29. The Balaban J connectivity index is 2.04. The maximum Gasteiger partial charge on any atom is 0.246 e. The number of ether oxygens (including phenoxy) is 1. The van der Waals surface area contributed by atoms with E-state index in [9.17, 15) is 9.59 Å². The fourth-order valence-electron chi connectivity index (χ4n) is 2.88. The Morgan fingerprint density at radius 1 is 1.39 bits per heavy atom. The first-order chi connectivity index (χ1) is 10.9. The first-order valence-corrected chi connectivity index (χ1v) is 8.17. The summed E-state index contributed by atoms with van der Waals surface area (Å²) < 4.78 is 4.80. The van der Waals surface area contributed by atoms with Crippen molar-refractivity contribution in [1.29, 1.82) is 0 Å². The lowest BCUT2D eigenvalue weighted by Crippen LogP contribution is -2.51. The van der Waals surface area contributed by atoms with Crippen molar-refractivity contribution in [3.63, 3.8) is 0 Å². The molecule has 1 aliphatic rings. The van der Waals surface area contributed by atoms with Crippen LogP contribution in [0, 0.1) is 5.92 Å². The maximum absolute atomic E-state index is 12.6. The predicted molar refractivity (Wildman–Crippen MR) is 89.3 cm³/mol. The molecule has 5 nitrogen and oxygen atoms in total. The van der Waals surface area contributed by atoms with Gasteiger partial charge >= 0.3 is 0 Å². The second-order valence-electron chi connectivity index (χ2n) is 6.17. The number of benzene rings is 1. The summed E-state index contributed by atoms with van der Waals surface area (Å²) in [6.07, 6.45) is 1.74. The fraction of sp³-hybridized carbons (Fsp3) is 0.529. The molecule has 2 atom stereocenters. The van der Waals surface area contributed by atoms with Crippen LogP contribution in [-0.4, -0.2) is 31.6 Å². The van der Waals surface area contributed by atoms with Crippen LogP contribution >= 0.6 is 11.6 Å². The molecule has 0 aliphatic heterocycles. The first kappa shape index (κ1) is 17.8. The van der Waals surface area contributed by atoms with Crippen LogP contribution in [0.3, 0.4) is 0 Å². The van der Waals surface area contributed by atoms with Gasteiger partial charge in [-0.2, -0.15) is 0 Å². The number of carbonyl (C=O) groups excluding carboxylic acids is 2. The molecule has 0 saturated carbocycles. The van der Waals surface area contributed by atoms with E-state index in [0.29, 0.717) is 5.02 Å². The molecule has 0 spiro atoms. The van der Waals surface area contributed by atoms with E-state index in [1.165, 1.54) is 12.7 Å². The van der Waals surface area contributed by atoms with E-state index in [-0.39, 0.29) is 30.4 Å². The fourth-order valence-corrected chi connectivity index (χ4v) is 3.07. The molecule has 0 heterocycles. The number of methoxy groups -OCH3 is 1. The molecule has 1 aromatic carbocycles. The quantitative estimate of drug-likeness (QED) is 0.835. The summed E-state index contributed by atoms with van der Waals surface area (Å²) >= 11 is 6.01. The molecule has 1 aliphatic carbocycles. The molecule has 1 aromatic rings. The molecule has 0 radical (unpaired) electrons. The van der Waals surface area contributed by atoms with Crippen molar-refractivity contribution in [2.24, 2.45) is 5.92 Å². The zero-order valence-electron chi connectivity index (χ0n) is 13.7. The van der Waals surface area contributed by atoms with Crippen LogP contribution in [0.4, 0.5) is 0 Å².